The summed E-state index contributed by atoms with van der Waals surface area (Å²) in [5.41, 5.74) is 1.98. The molecule has 1 aliphatic heterocycles. The molecule has 7 nitrogen and oxygen atoms in total. The molecule has 27 heavy (non-hydrogen) atoms. The van der Waals surface area contributed by atoms with Gasteiger partial charge in [0.15, 0.2) is 0 Å². The lowest BCUT2D eigenvalue weighted by Gasteiger charge is -2.34. The summed E-state index contributed by atoms with van der Waals surface area (Å²) in [4.78, 5) is 36.9. The standard InChI is InChI=1S/C20H24N4O3/c1-14(2)15-4-5-18(27-3)16(12-15)19(25)23-8-10-24(11-9-23)20(26)17-13-21-6-7-22-17/h4-7,12-14H,8-11H2,1-3H3. The number of hydrogen-bond acceptors (Lipinski definition) is 5. The van der Waals surface area contributed by atoms with Crippen molar-refractivity contribution < 1.29 is 14.3 Å². The average molecular weight is 368 g/mol. The Kier molecular flexibility index (Phi) is 5.69. The number of methoxy groups -OCH3 is 1. The highest BCUT2D eigenvalue weighted by Crippen LogP contribution is 2.26. The molecule has 0 unspecified atom stereocenters. The number of nitrogens with zero attached hydrogens (tertiary/aromatic N) is 4. The lowest BCUT2D eigenvalue weighted by atomic mass is 9.99. The Morgan fingerprint density at radius 2 is 1.70 bits per heavy atom. The highest BCUT2D eigenvalue weighted by molar-refractivity contribution is 5.97. The van der Waals surface area contributed by atoms with E-state index in [0.717, 1.165) is 5.56 Å². The fourth-order valence-corrected chi connectivity index (χ4v) is 3.11. The number of hydrogen-bond donors (Lipinski definition) is 0. The van der Waals surface area contributed by atoms with Gasteiger partial charge in [-0.2, -0.15) is 0 Å². The second kappa shape index (κ2) is 8.16. The summed E-state index contributed by atoms with van der Waals surface area (Å²) in [6, 6.07) is 5.73. The summed E-state index contributed by atoms with van der Waals surface area (Å²) in [5, 5.41) is 0. The van der Waals surface area contributed by atoms with Crippen molar-refractivity contribution in [1.82, 2.24) is 19.8 Å². The smallest absolute Gasteiger partial charge is 0.274 e. The van der Waals surface area contributed by atoms with Gasteiger partial charge < -0.3 is 14.5 Å². The molecule has 7 heteroatoms. The van der Waals surface area contributed by atoms with E-state index in [4.69, 9.17) is 4.74 Å². The van der Waals surface area contributed by atoms with Gasteiger partial charge in [0, 0.05) is 38.6 Å². The van der Waals surface area contributed by atoms with Crippen LogP contribution in [0.15, 0.2) is 36.8 Å². The van der Waals surface area contributed by atoms with E-state index in [1.165, 1.54) is 18.6 Å². The molecule has 0 N–H and O–H groups in total. The monoisotopic (exact) mass is 368 g/mol. The van der Waals surface area contributed by atoms with E-state index in [1.54, 1.807) is 16.9 Å². The minimum Gasteiger partial charge on any atom is -0.496 e. The summed E-state index contributed by atoms with van der Waals surface area (Å²) in [6.45, 7) is 6.06. The molecule has 2 aromatic rings. The minimum atomic E-state index is -0.158. The molecule has 1 aromatic heterocycles. The van der Waals surface area contributed by atoms with Crippen LogP contribution in [0, 0.1) is 0 Å². The molecule has 3 rings (SSSR count). The van der Waals surface area contributed by atoms with Crippen molar-refractivity contribution in [3.63, 3.8) is 0 Å². The molecular weight excluding hydrogens is 344 g/mol. The highest BCUT2D eigenvalue weighted by Gasteiger charge is 2.27. The van der Waals surface area contributed by atoms with Gasteiger partial charge >= 0.3 is 0 Å². The number of ether oxygens (including phenoxy) is 1. The quantitative estimate of drug-likeness (QED) is 0.827. The van der Waals surface area contributed by atoms with Crippen LogP contribution in [0.4, 0.5) is 0 Å². The van der Waals surface area contributed by atoms with E-state index in [2.05, 4.69) is 23.8 Å². The normalized spacial score (nSPS) is 14.4. The van der Waals surface area contributed by atoms with Gasteiger partial charge in [0.2, 0.25) is 0 Å². The molecule has 1 aliphatic rings. The zero-order valence-corrected chi connectivity index (χ0v) is 15.9. The predicted octanol–water partition coefficient (Wildman–Crippen LogP) is 2.21. The Balaban J connectivity index is 1.70. The number of aromatic nitrogens is 2. The predicted molar refractivity (Wildman–Crippen MR) is 101 cm³/mol. The van der Waals surface area contributed by atoms with Crippen LogP contribution in [0.5, 0.6) is 5.75 Å². The van der Waals surface area contributed by atoms with Gasteiger partial charge in [-0.1, -0.05) is 19.9 Å². The number of rotatable bonds is 4. The SMILES string of the molecule is COc1ccc(C(C)C)cc1C(=O)N1CCN(C(=O)c2cnccn2)CC1. The van der Waals surface area contributed by atoms with Crippen molar-refractivity contribution in [2.24, 2.45) is 0 Å². The lowest BCUT2D eigenvalue weighted by Crippen LogP contribution is -2.50. The van der Waals surface area contributed by atoms with Crippen LogP contribution >= 0.6 is 0 Å². The van der Waals surface area contributed by atoms with Crippen LogP contribution in [0.1, 0.15) is 46.2 Å². The zero-order valence-electron chi connectivity index (χ0n) is 15.9. The van der Waals surface area contributed by atoms with Crippen molar-refractivity contribution in [1.29, 1.82) is 0 Å². The van der Waals surface area contributed by atoms with Gasteiger partial charge in [-0.05, 0) is 23.6 Å². The van der Waals surface area contributed by atoms with Crippen molar-refractivity contribution in [2.75, 3.05) is 33.3 Å². The summed E-state index contributed by atoms with van der Waals surface area (Å²) >= 11 is 0. The fraction of sp³-hybridized carbons (Fsp3) is 0.400. The Morgan fingerprint density at radius 3 is 2.26 bits per heavy atom. The van der Waals surface area contributed by atoms with E-state index in [-0.39, 0.29) is 11.8 Å². The maximum atomic E-state index is 13.0. The van der Waals surface area contributed by atoms with E-state index in [1.807, 2.05) is 18.2 Å². The Morgan fingerprint density at radius 1 is 1.04 bits per heavy atom. The third kappa shape index (κ3) is 4.07. The summed E-state index contributed by atoms with van der Waals surface area (Å²) in [7, 11) is 1.57. The molecule has 0 atom stereocenters. The molecule has 0 aliphatic carbocycles. The van der Waals surface area contributed by atoms with Crippen molar-refractivity contribution >= 4 is 11.8 Å². The maximum absolute atomic E-state index is 13.0. The van der Waals surface area contributed by atoms with Crippen molar-refractivity contribution in [3.05, 3.63) is 53.6 Å². The average Bonchev–Trinajstić information content (AvgIpc) is 2.73. The first-order chi connectivity index (χ1) is 13.0. The van der Waals surface area contributed by atoms with Gasteiger partial charge in [-0.15, -0.1) is 0 Å². The number of carbonyl (C=O) groups is 2. The number of amides is 2. The van der Waals surface area contributed by atoms with E-state index >= 15 is 0 Å². The molecule has 0 saturated carbocycles. The van der Waals surface area contributed by atoms with Gasteiger partial charge in [-0.25, -0.2) is 4.98 Å². The molecule has 1 fully saturated rings. The van der Waals surface area contributed by atoms with Gasteiger partial charge in [0.1, 0.15) is 11.4 Å². The Hall–Kier alpha value is -2.96. The summed E-state index contributed by atoms with van der Waals surface area (Å²) in [6.07, 6.45) is 4.50. The number of carbonyl (C=O) groups excluding carboxylic acids is 2. The minimum absolute atomic E-state index is 0.0686. The molecule has 0 radical (unpaired) electrons. The largest absolute Gasteiger partial charge is 0.496 e. The number of piperazine rings is 1. The lowest BCUT2D eigenvalue weighted by molar-refractivity contribution is 0.0530. The van der Waals surface area contributed by atoms with Crippen LogP contribution in [0.2, 0.25) is 0 Å². The summed E-state index contributed by atoms with van der Waals surface area (Å²) in [5.74, 6) is 0.668. The van der Waals surface area contributed by atoms with Crippen LogP contribution in [-0.2, 0) is 0 Å². The van der Waals surface area contributed by atoms with E-state index < -0.39 is 0 Å². The number of benzene rings is 1. The maximum Gasteiger partial charge on any atom is 0.274 e. The third-order valence-electron chi connectivity index (χ3n) is 4.76. The first-order valence-corrected chi connectivity index (χ1v) is 9.03. The first-order valence-electron chi connectivity index (χ1n) is 9.03. The van der Waals surface area contributed by atoms with Gasteiger partial charge in [0.25, 0.3) is 11.8 Å². The van der Waals surface area contributed by atoms with Gasteiger partial charge in [-0.3, -0.25) is 14.6 Å². The first kappa shape index (κ1) is 18.8. The molecule has 0 bridgehead atoms. The Bertz CT molecular complexity index is 815. The zero-order chi connectivity index (χ0) is 19.4. The summed E-state index contributed by atoms with van der Waals surface area (Å²) < 4.78 is 5.38. The van der Waals surface area contributed by atoms with Crippen LogP contribution < -0.4 is 4.74 Å². The van der Waals surface area contributed by atoms with E-state index in [9.17, 15) is 9.59 Å². The van der Waals surface area contributed by atoms with Crippen LogP contribution in [-0.4, -0.2) is 64.9 Å². The van der Waals surface area contributed by atoms with Crippen LogP contribution in [0.25, 0.3) is 0 Å². The molecule has 0 spiro atoms. The third-order valence-corrected chi connectivity index (χ3v) is 4.76. The molecule has 1 aromatic carbocycles. The molecule has 142 valence electrons. The Labute approximate surface area is 159 Å². The molecule has 2 amide bonds. The topological polar surface area (TPSA) is 75.6 Å². The van der Waals surface area contributed by atoms with Crippen LogP contribution in [0.3, 0.4) is 0 Å². The highest BCUT2D eigenvalue weighted by atomic mass is 16.5. The van der Waals surface area contributed by atoms with Crippen molar-refractivity contribution in [2.45, 2.75) is 19.8 Å². The molecule has 1 saturated heterocycles. The fourth-order valence-electron chi connectivity index (χ4n) is 3.11. The second-order valence-corrected chi connectivity index (χ2v) is 6.79. The molecule has 2 heterocycles. The second-order valence-electron chi connectivity index (χ2n) is 6.79. The van der Waals surface area contributed by atoms with Gasteiger partial charge in [0.05, 0.1) is 18.9 Å². The van der Waals surface area contributed by atoms with Crippen molar-refractivity contribution in [3.8, 4) is 5.75 Å². The molecular formula is C20H24N4O3. The van der Waals surface area contributed by atoms with E-state index in [0.29, 0.717) is 49.1 Å².